The average Bonchev–Trinajstić information content (AvgIpc) is 2.45. The Hall–Kier alpha value is -0.570. The Morgan fingerprint density at radius 1 is 1.67 bits per heavy atom. The molecule has 0 aromatic carbocycles. The Morgan fingerprint density at radius 2 is 2.33 bits per heavy atom. The van der Waals surface area contributed by atoms with E-state index in [1.807, 2.05) is 0 Å². The van der Waals surface area contributed by atoms with Gasteiger partial charge in [0.1, 0.15) is 0 Å². The summed E-state index contributed by atoms with van der Waals surface area (Å²) in [5.74, 6) is 0.185. The molecule has 52 valence electrons. The molecule has 0 radical (unpaired) electrons. The fourth-order valence-corrected chi connectivity index (χ4v) is 1.07. The molecular weight excluding hydrogens is 118 g/mol. The van der Waals surface area contributed by atoms with Crippen molar-refractivity contribution in [2.75, 3.05) is 6.54 Å². The van der Waals surface area contributed by atoms with Crippen LogP contribution in [0.3, 0.4) is 0 Å². The number of carbonyl (C=O) groups is 1. The number of hydrogen-bond acceptors (Lipinski definition) is 2. The summed E-state index contributed by atoms with van der Waals surface area (Å²) in [6.45, 7) is 0.651. The summed E-state index contributed by atoms with van der Waals surface area (Å²) < 4.78 is 0. The number of aliphatic carboxylic acids is 1. The van der Waals surface area contributed by atoms with Crippen molar-refractivity contribution in [1.82, 2.24) is 0 Å². The lowest BCUT2D eigenvalue weighted by molar-refractivity contribution is -0.137. The van der Waals surface area contributed by atoms with Gasteiger partial charge in [0.05, 0.1) is 0 Å². The van der Waals surface area contributed by atoms with Crippen molar-refractivity contribution >= 4 is 5.97 Å². The molecule has 1 saturated carbocycles. The summed E-state index contributed by atoms with van der Waals surface area (Å²) in [7, 11) is 0. The molecule has 0 bridgehead atoms. The van der Waals surface area contributed by atoms with Gasteiger partial charge in [-0.1, -0.05) is 0 Å². The van der Waals surface area contributed by atoms with Crippen molar-refractivity contribution in [3.8, 4) is 0 Å². The zero-order valence-electron chi connectivity index (χ0n) is 5.21. The minimum Gasteiger partial charge on any atom is -0.481 e. The highest BCUT2D eigenvalue weighted by atomic mass is 16.4. The van der Waals surface area contributed by atoms with Crippen LogP contribution in [-0.4, -0.2) is 17.6 Å². The first-order valence-electron chi connectivity index (χ1n) is 3.16. The van der Waals surface area contributed by atoms with Crippen LogP contribution in [0, 0.1) is 11.8 Å². The van der Waals surface area contributed by atoms with E-state index in [-0.39, 0.29) is 0 Å². The van der Waals surface area contributed by atoms with E-state index < -0.39 is 5.97 Å². The highest BCUT2D eigenvalue weighted by Crippen LogP contribution is 2.39. The monoisotopic (exact) mass is 129 g/mol. The van der Waals surface area contributed by atoms with E-state index in [0.29, 0.717) is 24.8 Å². The van der Waals surface area contributed by atoms with Crippen LogP contribution >= 0.6 is 0 Å². The van der Waals surface area contributed by atoms with E-state index in [4.69, 9.17) is 10.8 Å². The molecule has 1 aliphatic rings. The second-order valence-corrected chi connectivity index (χ2v) is 2.59. The van der Waals surface area contributed by atoms with E-state index in [0.717, 1.165) is 6.42 Å². The molecule has 3 heteroatoms. The van der Waals surface area contributed by atoms with Gasteiger partial charge in [-0.25, -0.2) is 0 Å². The number of nitrogens with two attached hydrogens (primary N) is 1. The number of carboxylic acid groups (broad SMARTS) is 1. The SMILES string of the molecule is NC[C@@H]1C[C@H]1CC(=O)O. The molecule has 0 aliphatic heterocycles. The second kappa shape index (κ2) is 2.35. The summed E-state index contributed by atoms with van der Waals surface area (Å²) in [5, 5.41) is 8.30. The van der Waals surface area contributed by atoms with Crippen molar-refractivity contribution in [3.05, 3.63) is 0 Å². The van der Waals surface area contributed by atoms with Gasteiger partial charge in [-0.2, -0.15) is 0 Å². The van der Waals surface area contributed by atoms with Crippen LogP contribution in [0.4, 0.5) is 0 Å². The summed E-state index contributed by atoms with van der Waals surface area (Å²) >= 11 is 0. The van der Waals surface area contributed by atoms with Crippen LogP contribution in [0.5, 0.6) is 0 Å². The van der Waals surface area contributed by atoms with Crippen LogP contribution in [-0.2, 0) is 4.79 Å². The maximum absolute atomic E-state index is 10.1. The van der Waals surface area contributed by atoms with Crippen LogP contribution in [0.15, 0.2) is 0 Å². The predicted molar refractivity (Wildman–Crippen MR) is 32.9 cm³/mol. The maximum atomic E-state index is 10.1. The van der Waals surface area contributed by atoms with E-state index >= 15 is 0 Å². The first-order chi connectivity index (χ1) is 4.24. The minimum absolute atomic E-state index is 0.307. The van der Waals surface area contributed by atoms with E-state index in [1.54, 1.807) is 0 Å². The highest BCUT2D eigenvalue weighted by Gasteiger charge is 2.36. The van der Waals surface area contributed by atoms with E-state index in [1.165, 1.54) is 0 Å². The number of carboxylic acids is 1. The molecule has 9 heavy (non-hydrogen) atoms. The van der Waals surface area contributed by atoms with Gasteiger partial charge < -0.3 is 10.8 Å². The lowest BCUT2D eigenvalue weighted by Gasteiger charge is -1.89. The average molecular weight is 129 g/mol. The molecular formula is C6H11NO2. The third-order valence-electron chi connectivity index (χ3n) is 1.81. The molecule has 3 N–H and O–H groups in total. The van der Waals surface area contributed by atoms with Gasteiger partial charge in [0.2, 0.25) is 0 Å². The molecule has 0 amide bonds. The van der Waals surface area contributed by atoms with Gasteiger partial charge in [0.15, 0.2) is 0 Å². The third-order valence-corrected chi connectivity index (χ3v) is 1.81. The largest absolute Gasteiger partial charge is 0.481 e. The zero-order chi connectivity index (χ0) is 6.85. The van der Waals surface area contributed by atoms with Crippen molar-refractivity contribution in [2.45, 2.75) is 12.8 Å². The van der Waals surface area contributed by atoms with Crippen LogP contribution in [0.1, 0.15) is 12.8 Å². The molecule has 3 nitrogen and oxygen atoms in total. The minimum atomic E-state index is -0.698. The molecule has 1 aliphatic carbocycles. The summed E-state index contributed by atoms with van der Waals surface area (Å²) in [6, 6.07) is 0. The van der Waals surface area contributed by atoms with Gasteiger partial charge in [-0.3, -0.25) is 4.79 Å². The third kappa shape index (κ3) is 1.68. The number of rotatable bonds is 3. The first-order valence-corrected chi connectivity index (χ1v) is 3.16. The van der Waals surface area contributed by atoms with Gasteiger partial charge in [0, 0.05) is 6.42 Å². The molecule has 1 fully saturated rings. The van der Waals surface area contributed by atoms with E-state index in [9.17, 15) is 4.79 Å². The molecule has 1 rings (SSSR count). The topological polar surface area (TPSA) is 63.3 Å². The van der Waals surface area contributed by atoms with Gasteiger partial charge in [-0.05, 0) is 24.8 Å². The van der Waals surface area contributed by atoms with Gasteiger partial charge in [0.25, 0.3) is 0 Å². The molecule has 0 spiro atoms. The fraction of sp³-hybridized carbons (Fsp3) is 0.833. The zero-order valence-corrected chi connectivity index (χ0v) is 5.21. The lowest BCUT2D eigenvalue weighted by atomic mass is 10.2. The molecule has 0 saturated heterocycles. The molecule has 0 aromatic heterocycles. The lowest BCUT2D eigenvalue weighted by Crippen LogP contribution is -2.04. The molecule has 0 unspecified atom stereocenters. The second-order valence-electron chi connectivity index (χ2n) is 2.59. The van der Waals surface area contributed by atoms with Crippen LogP contribution in [0.25, 0.3) is 0 Å². The quantitative estimate of drug-likeness (QED) is 0.566. The normalized spacial score (nSPS) is 32.1. The summed E-state index contributed by atoms with van der Waals surface area (Å²) in [5.41, 5.74) is 5.31. The van der Waals surface area contributed by atoms with E-state index in [2.05, 4.69) is 0 Å². The molecule has 0 aromatic rings. The van der Waals surface area contributed by atoms with Crippen molar-refractivity contribution in [1.29, 1.82) is 0 Å². The van der Waals surface area contributed by atoms with Crippen molar-refractivity contribution < 1.29 is 9.90 Å². The Morgan fingerprint density at radius 3 is 2.67 bits per heavy atom. The van der Waals surface area contributed by atoms with Crippen LogP contribution < -0.4 is 5.73 Å². The van der Waals surface area contributed by atoms with Crippen LogP contribution in [0.2, 0.25) is 0 Å². The maximum Gasteiger partial charge on any atom is 0.303 e. The van der Waals surface area contributed by atoms with Gasteiger partial charge in [-0.15, -0.1) is 0 Å². The first kappa shape index (κ1) is 6.55. The standard InChI is InChI=1S/C6H11NO2/c7-3-5-1-4(5)2-6(8)9/h4-5H,1-3,7H2,(H,8,9)/t4-,5-/m0/s1. The van der Waals surface area contributed by atoms with Crippen molar-refractivity contribution in [3.63, 3.8) is 0 Å². The molecule has 2 atom stereocenters. The molecule has 0 heterocycles. The summed E-state index contributed by atoms with van der Waals surface area (Å²) in [4.78, 5) is 10.1. The summed E-state index contributed by atoms with van der Waals surface area (Å²) in [6.07, 6.45) is 1.32. The Bertz CT molecular complexity index is 124. The Balaban J connectivity index is 2.12. The number of hydrogen-bond donors (Lipinski definition) is 2. The highest BCUT2D eigenvalue weighted by molar-refractivity contribution is 5.67. The fourth-order valence-electron chi connectivity index (χ4n) is 1.07. The Labute approximate surface area is 53.9 Å². The Kier molecular flexibility index (Phi) is 1.71. The van der Waals surface area contributed by atoms with Crippen molar-refractivity contribution in [2.24, 2.45) is 17.6 Å². The smallest absolute Gasteiger partial charge is 0.303 e. The van der Waals surface area contributed by atoms with Gasteiger partial charge >= 0.3 is 5.97 Å². The predicted octanol–water partition coefficient (Wildman–Crippen LogP) is 0.0559.